The molecule has 1 saturated carbocycles. The van der Waals surface area contributed by atoms with E-state index < -0.39 is 0 Å². The van der Waals surface area contributed by atoms with Crippen molar-refractivity contribution in [3.8, 4) is 0 Å². The third-order valence-electron chi connectivity index (χ3n) is 2.77. The van der Waals surface area contributed by atoms with Gasteiger partial charge >= 0.3 is 5.97 Å². The van der Waals surface area contributed by atoms with Gasteiger partial charge in [0.1, 0.15) is 6.10 Å². The molecule has 3 nitrogen and oxygen atoms in total. The van der Waals surface area contributed by atoms with Crippen LogP contribution in [0.2, 0.25) is 0 Å². The number of nitrogens with two attached hydrogens (primary N) is 1. The van der Waals surface area contributed by atoms with Crippen LogP contribution in [0.25, 0.3) is 0 Å². The van der Waals surface area contributed by atoms with Gasteiger partial charge < -0.3 is 10.5 Å². The molecule has 0 spiro atoms. The minimum atomic E-state index is -0.255. The first-order valence-electron chi connectivity index (χ1n) is 5.72. The van der Waals surface area contributed by atoms with E-state index in [0.29, 0.717) is 0 Å². The zero-order valence-corrected chi connectivity index (χ0v) is 8.84. The van der Waals surface area contributed by atoms with Crippen molar-refractivity contribution < 1.29 is 9.53 Å². The van der Waals surface area contributed by atoms with Crippen LogP contribution in [0.15, 0.2) is 0 Å². The second-order valence-corrected chi connectivity index (χ2v) is 4.01. The molecule has 0 radical (unpaired) electrons. The molecule has 0 aliphatic heterocycles. The van der Waals surface area contributed by atoms with Gasteiger partial charge in [0.2, 0.25) is 0 Å². The van der Waals surface area contributed by atoms with Gasteiger partial charge in [0, 0.05) is 0 Å². The molecule has 0 aromatic rings. The second-order valence-electron chi connectivity index (χ2n) is 4.01. The van der Waals surface area contributed by atoms with E-state index in [-0.39, 0.29) is 18.6 Å². The largest absolute Gasteiger partial charge is 0.461 e. The van der Waals surface area contributed by atoms with Gasteiger partial charge in [-0.2, -0.15) is 0 Å². The maximum atomic E-state index is 11.0. The average molecular weight is 199 g/mol. The first-order chi connectivity index (χ1) is 6.83. The Kier molecular flexibility index (Phi) is 5.60. The molecule has 0 heterocycles. The Morgan fingerprint density at radius 3 is 2.07 bits per heavy atom. The molecule has 0 bridgehead atoms. The van der Waals surface area contributed by atoms with Gasteiger partial charge in [-0.15, -0.1) is 0 Å². The predicted octanol–water partition coefficient (Wildman–Crippen LogP) is 1.99. The van der Waals surface area contributed by atoms with Crippen LogP contribution in [-0.4, -0.2) is 18.6 Å². The molecule has 0 saturated heterocycles. The van der Waals surface area contributed by atoms with Crippen molar-refractivity contribution in [2.75, 3.05) is 6.54 Å². The van der Waals surface area contributed by atoms with Gasteiger partial charge in [-0.05, 0) is 25.7 Å². The molecule has 82 valence electrons. The lowest BCUT2D eigenvalue weighted by molar-refractivity contribution is -0.148. The first kappa shape index (κ1) is 11.5. The van der Waals surface area contributed by atoms with E-state index in [2.05, 4.69) is 0 Å². The van der Waals surface area contributed by atoms with Gasteiger partial charge in [-0.25, -0.2) is 0 Å². The van der Waals surface area contributed by atoms with Crippen LogP contribution >= 0.6 is 0 Å². The van der Waals surface area contributed by atoms with E-state index in [9.17, 15) is 4.79 Å². The van der Waals surface area contributed by atoms with Gasteiger partial charge in [-0.3, -0.25) is 4.79 Å². The summed E-state index contributed by atoms with van der Waals surface area (Å²) in [6.07, 6.45) is 9.74. The summed E-state index contributed by atoms with van der Waals surface area (Å²) in [5, 5.41) is 0. The monoisotopic (exact) mass is 199 g/mol. The SMILES string of the molecule is NCC(=O)OC1CCCCCCCC1. The summed E-state index contributed by atoms with van der Waals surface area (Å²) < 4.78 is 5.27. The standard InChI is InChI=1S/C11H21NO2/c12-9-11(13)14-10-7-5-3-1-2-4-6-8-10/h10H,1-9,12H2. The fourth-order valence-electron chi connectivity index (χ4n) is 1.95. The third kappa shape index (κ3) is 4.61. The van der Waals surface area contributed by atoms with Crippen LogP contribution in [-0.2, 0) is 9.53 Å². The number of ether oxygens (including phenoxy) is 1. The lowest BCUT2D eigenvalue weighted by Crippen LogP contribution is -2.24. The highest BCUT2D eigenvalue weighted by molar-refractivity contribution is 5.71. The molecule has 1 aliphatic rings. The van der Waals surface area contributed by atoms with E-state index in [1.165, 1.54) is 38.5 Å². The highest BCUT2D eigenvalue weighted by atomic mass is 16.5. The summed E-state index contributed by atoms with van der Waals surface area (Å²) in [6.45, 7) is 0.0104. The molecule has 1 rings (SSSR count). The molecule has 2 N–H and O–H groups in total. The molecular formula is C11H21NO2. The van der Waals surface area contributed by atoms with Crippen molar-refractivity contribution in [2.45, 2.75) is 57.5 Å². The Labute approximate surface area is 86.0 Å². The smallest absolute Gasteiger partial charge is 0.319 e. The van der Waals surface area contributed by atoms with Crippen molar-refractivity contribution in [2.24, 2.45) is 5.73 Å². The van der Waals surface area contributed by atoms with Gasteiger partial charge in [0.15, 0.2) is 0 Å². The van der Waals surface area contributed by atoms with Crippen LogP contribution in [0, 0.1) is 0 Å². The molecule has 0 aromatic heterocycles. The Hall–Kier alpha value is -0.570. The maximum absolute atomic E-state index is 11.0. The van der Waals surface area contributed by atoms with Gasteiger partial charge in [-0.1, -0.05) is 25.7 Å². The number of carbonyl (C=O) groups is 1. The number of hydrogen-bond acceptors (Lipinski definition) is 3. The maximum Gasteiger partial charge on any atom is 0.319 e. The molecule has 0 aromatic carbocycles. The minimum absolute atomic E-state index is 0.0104. The fraction of sp³-hybridized carbons (Fsp3) is 0.909. The quantitative estimate of drug-likeness (QED) is 0.692. The lowest BCUT2D eigenvalue weighted by Gasteiger charge is -2.16. The predicted molar refractivity (Wildman–Crippen MR) is 55.9 cm³/mol. The highest BCUT2D eigenvalue weighted by Crippen LogP contribution is 2.19. The van der Waals surface area contributed by atoms with Gasteiger partial charge in [0.05, 0.1) is 6.54 Å². The number of carbonyl (C=O) groups excluding carboxylic acids is 1. The molecular weight excluding hydrogens is 178 g/mol. The second kappa shape index (κ2) is 6.82. The number of hydrogen-bond donors (Lipinski definition) is 1. The summed E-state index contributed by atoms with van der Waals surface area (Å²) >= 11 is 0. The van der Waals surface area contributed by atoms with Crippen molar-refractivity contribution >= 4 is 5.97 Å². The third-order valence-corrected chi connectivity index (χ3v) is 2.77. The van der Waals surface area contributed by atoms with E-state index >= 15 is 0 Å². The summed E-state index contributed by atoms with van der Waals surface area (Å²) in [4.78, 5) is 11.0. The van der Waals surface area contributed by atoms with Crippen LogP contribution in [0.5, 0.6) is 0 Å². The molecule has 14 heavy (non-hydrogen) atoms. The van der Waals surface area contributed by atoms with E-state index in [4.69, 9.17) is 10.5 Å². The Balaban J connectivity index is 2.28. The Morgan fingerprint density at radius 1 is 1.07 bits per heavy atom. The van der Waals surface area contributed by atoms with E-state index in [1.807, 2.05) is 0 Å². The Bertz CT molecular complexity index is 161. The summed E-state index contributed by atoms with van der Waals surface area (Å²) in [7, 11) is 0. The van der Waals surface area contributed by atoms with Crippen LogP contribution in [0.4, 0.5) is 0 Å². The molecule has 1 aliphatic carbocycles. The zero-order valence-electron chi connectivity index (χ0n) is 8.84. The zero-order chi connectivity index (χ0) is 10.2. The van der Waals surface area contributed by atoms with Crippen LogP contribution < -0.4 is 5.73 Å². The number of rotatable bonds is 2. The molecule has 3 heteroatoms. The molecule has 0 unspecified atom stereocenters. The summed E-state index contributed by atoms with van der Waals surface area (Å²) in [6, 6.07) is 0. The summed E-state index contributed by atoms with van der Waals surface area (Å²) in [5.41, 5.74) is 5.22. The van der Waals surface area contributed by atoms with Crippen molar-refractivity contribution in [3.05, 3.63) is 0 Å². The normalized spacial score (nSPS) is 20.6. The van der Waals surface area contributed by atoms with E-state index in [1.54, 1.807) is 0 Å². The molecule has 0 amide bonds. The van der Waals surface area contributed by atoms with Crippen LogP contribution in [0.3, 0.4) is 0 Å². The van der Waals surface area contributed by atoms with Crippen LogP contribution in [0.1, 0.15) is 51.4 Å². The topological polar surface area (TPSA) is 52.3 Å². The van der Waals surface area contributed by atoms with Crippen molar-refractivity contribution in [1.29, 1.82) is 0 Å². The molecule has 0 atom stereocenters. The van der Waals surface area contributed by atoms with E-state index in [0.717, 1.165) is 12.8 Å². The fourth-order valence-corrected chi connectivity index (χ4v) is 1.95. The van der Waals surface area contributed by atoms with Gasteiger partial charge in [0.25, 0.3) is 0 Å². The number of esters is 1. The summed E-state index contributed by atoms with van der Waals surface area (Å²) in [5.74, 6) is -0.255. The lowest BCUT2D eigenvalue weighted by atomic mass is 10.1. The minimum Gasteiger partial charge on any atom is -0.461 e. The Morgan fingerprint density at radius 2 is 1.57 bits per heavy atom. The van der Waals surface area contributed by atoms with Crippen molar-refractivity contribution in [3.63, 3.8) is 0 Å². The van der Waals surface area contributed by atoms with Crippen molar-refractivity contribution in [1.82, 2.24) is 0 Å². The highest BCUT2D eigenvalue weighted by Gasteiger charge is 2.14. The average Bonchev–Trinajstić information content (AvgIpc) is 2.31. The molecule has 1 fully saturated rings. The first-order valence-corrected chi connectivity index (χ1v) is 5.72.